The summed E-state index contributed by atoms with van der Waals surface area (Å²) in [6.07, 6.45) is -8.20. The van der Waals surface area contributed by atoms with E-state index in [1.807, 2.05) is 0 Å². The summed E-state index contributed by atoms with van der Waals surface area (Å²) in [4.78, 5) is 17.0. The number of pyridine rings is 1. The molecule has 0 saturated carbocycles. The van der Waals surface area contributed by atoms with Crippen molar-refractivity contribution >= 4 is 29.1 Å². The molecule has 1 amide bonds. The SMILES string of the molecule is CC1(C)CC(NC(=O)C(O)C(F)(F)F)c2cc(-c3ccc(Cl)cc3)c(-c3cc(Cl)ccc3C#N)nc2O1. The van der Waals surface area contributed by atoms with Gasteiger partial charge in [0.25, 0.3) is 5.91 Å². The smallest absolute Gasteiger partial charge is 0.423 e. The number of fused-ring (bicyclic) bond motifs is 1. The average Bonchev–Trinajstić information content (AvgIpc) is 2.82. The highest BCUT2D eigenvalue weighted by atomic mass is 35.5. The van der Waals surface area contributed by atoms with Crippen LogP contribution in [0.25, 0.3) is 22.4 Å². The molecule has 2 atom stereocenters. The van der Waals surface area contributed by atoms with Gasteiger partial charge in [0.05, 0.1) is 23.4 Å². The van der Waals surface area contributed by atoms with E-state index in [0.29, 0.717) is 43.6 Å². The number of carbonyl (C=O) groups excluding carboxylic acids is 1. The summed E-state index contributed by atoms with van der Waals surface area (Å²) < 4.78 is 45.0. The number of aliphatic hydroxyl groups excluding tert-OH is 1. The lowest BCUT2D eigenvalue weighted by atomic mass is 9.88. The zero-order chi connectivity index (χ0) is 27.1. The van der Waals surface area contributed by atoms with Crippen molar-refractivity contribution in [1.29, 1.82) is 5.26 Å². The second kappa shape index (κ2) is 9.86. The molecule has 2 unspecified atom stereocenters. The first-order valence-corrected chi connectivity index (χ1v) is 11.8. The number of aromatic nitrogens is 1. The van der Waals surface area contributed by atoms with Crippen LogP contribution < -0.4 is 10.1 Å². The largest absolute Gasteiger partial charge is 0.471 e. The Kier molecular flexibility index (Phi) is 7.12. The van der Waals surface area contributed by atoms with Gasteiger partial charge in [-0.15, -0.1) is 0 Å². The highest BCUT2D eigenvalue weighted by molar-refractivity contribution is 6.31. The van der Waals surface area contributed by atoms with Crippen molar-refractivity contribution in [1.82, 2.24) is 10.3 Å². The number of rotatable bonds is 4. The van der Waals surface area contributed by atoms with Gasteiger partial charge in [-0.1, -0.05) is 35.3 Å². The molecule has 11 heteroatoms. The van der Waals surface area contributed by atoms with E-state index in [-0.39, 0.29) is 12.3 Å². The van der Waals surface area contributed by atoms with Crippen LogP contribution in [0, 0.1) is 11.3 Å². The second-order valence-corrected chi connectivity index (χ2v) is 10.0. The molecule has 0 spiro atoms. The number of aliphatic hydroxyl groups is 1. The van der Waals surface area contributed by atoms with Crippen LogP contribution in [0.3, 0.4) is 0 Å². The molecule has 0 aliphatic carbocycles. The van der Waals surface area contributed by atoms with Crippen LogP contribution in [0.2, 0.25) is 10.0 Å². The Labute approximate surface area is 220 Å². The van der Waals surface area contributed by atoms with E-state index >= 15 is 0 Å². The summed E-state index contributed by atoms with van der Waals surface area (Å²) >= 11 is 12.3. The van der Waals surface area contributed by atoms with Crippen LogP contribution in [0.5, 0.6) is 5.88 Å². The van der Waals surface area contributed by atoms with Gasteiger partial charge in [0.2, 0.25) is 12.0 Å². The van der Waals surface area contributed by atoms with Gasteiger partial charge in [-0.3, -0.25) is 4.79 Å². The number of nitriles is 1. The molecule has 2 heterocycles. The van der Waals surface area contributed by atoms with Crippen molar-refractivity contribution in [2.24, 2.45) is 0 Å². The number of halogens is 5. The van der Waals surface area contributed by atoms with Crippen molar-refractivity contribution in [2.75, 3.05) is 0 Å². The fourth-order valence-electron chi connectivity index (χ4n) is 4.14. The molecule has 0 saturated heterocycles. The molecule has 1 aliphatic rings. The molecule has 1 aromatic heterocycles. The number of ether oxygens (including phenoxy) is 1. The number of hydrogen-bond acceptors (Lipinski definition) is 5. The molecule has 3 aromatic rings. The van der Waals surface area contributed by atoms with Gasteiger partial charge in [-0.05, 0) is 55.8 Å². The molecule has 0 bridgehead atoms. The lowest BCUT2D eigenvalue weighted by molar-refractivity contribution is -0.205. The highest BCUT2D eigenvalue weighted by Gasteiger charge is 2.45. The van der Waals surface area contributed by atoms with Crippen molar-refractivity contribution < 1.29 is 27.8 Å². The van der Waals surface area contributed by atoms with Gasteiger partial charge < -0.3 is 15.2 Å². The van der Waals surface area contributed by atoms with Crippen LogP contribution in [0.4, 0.5) is 13.2 Å². The van der Waals surface area contributed by atoms with E-state index in [0.717, 1.165) is 0 Å². The molecule has 192 valence electrons. The van der Waals surface area contributed by atoms with Crippen LogP contribution in [-0.2, 0) is 4.79 Å². The van der Waals surface area contributed by atoms with Crippen molar-refractivity contribution in [3.8, 4) is 34.3 Å². The zero-order valence-corrected chi connectivity index (χ0v) is 21.0. The molecule has 1 aliphatic heterocycles. The standard InChI is InChI=1S/C26H20Cl2F3N3O3/c1-25(2)11-20(33-23(36)22(35)26(29,30)31)19-10-18(13-3-6-15(27)7-4-13)21(34-24(19)37-25)17-9-16(28)8-5-14(17)12-32/h3-10,20,22,35H,11H2,1-2H3,(H,33,36). The fourth-order valence-corrected chi connectivity index (χ4v) is 4.44. The normalized spacial score (nSPS) is 17.2. The summed E-state index contributed by atoms with van der Waals surface area (Å²) in [5.74, 6) is -1.51. The first kappa shape index (κ1) is 26.7. The maximum atomic E-state index is 13.0. The van der Waals surface area contributed by atoms with Crippen LogP contribution in [0.1, 0.15) is 37.4 Å². The Bertz CT molecular complexity index is 1400. The lowest BCUT2D eigenvalue weighted by Crippen LogP contribution is -2.48. The second-order valence-electron chi connectivity index (χ2n) is 9.16. The predicted molar refractivity (Wildman–Crippen MR) is 132 cm³/mol. The van der Waals surface area contributed by atoms with E-state index in [2.05, 4.69) is 16.4 Å². The van der Waals surface area contributed by atoms with E-state index in [4.69, 9.17) is 27.9 Å². The third kappa shape index (κ3) is 5.67. The third-order valence-corrected chi connectivity index (χ3v) is 6.33. The Hall–Kier alpha value is -3.32. The molecule has 6 nitrogen and oxygen atoms in total. The number of hydrogen-bond donors (Lipinski definition) is 2. The molecule has 2 aromatic carbocycles. The number of nitrogens with one attached hydrogen (secondary N) is 1. The minimum atomic E-state index is -5.12. The predicted octanol–water partition coefficient (Wildman–Crippen LogP) is 6.24. The third-order valence-electron chi connectivity index (χ3n) is 5.85. The number of alkyl halides is 3. The fraction of sp³-hybridized carbons (Fsp3) is 0.269. The lowest BCUT2D eigenvalue weighted by Gasteiger charge is -2.38. The molecule has 37 heavy (non-hydrogen) atoms. The summed E-state index contributed by atoms with van der Waals surface area (Å²) in [6, 6.07) is 14.3. The Balaban J connectivity index is 1.93. The van der Waals surface area contributed by atoms with Crippen molar-refractivity contribution in [3.05, 3.63) is 69.7 Å². The van der Waals surface area contributed by atoms with Gasteiger partial charge in [0, 0.05) is 33.2 Å². The minimum absolute atomic E-state index is 0.0691. The Morgan fingerprint density at radius 1 is 1.16 bits per heavy atom. The first-order chi connectivity index (χ1) is 17.3. The molecule has 4 rings (SSSR count). The molecular weight excluding hydrogens is 530 g/mol. The number of carbonyl (C=O) groups is 1. The van der Waals surface area contributed by atoms with E-state index in [9.17, 15) is 28.3 Å². The monoisotopic (exact) mass is 549 g/mol. The summed E-state index contributed by atoms with van der Waals surface area (Å²) in [7, 11) is 0. The zero-order valence-electron chi connectivity index (χ0n) is 19.5. The Morgan fingerprint density at radius 3 is 2.43 bits per heavy atom. The average molecular weight is 550 g/mol. The number of benzene rings is 2. The quantitative estimate of drug-likeness (QED) is 0.401. The highest BCUT2D eigenvalue weighted by Crippen LogP contribution is 2.44. The molecule has 0 fully saturated rings. The first-order valence-electron chi connectivity index (χ1n) is 11.0. The maximum absolute atomic E-state index is 13.0. The van der Waals surface area contributed by atoms with Gasteiger partial charge in [0.1, 0.15) is 5.60 Å². The van der Waals surface area contributed by atoms with Gasteiger partial charge >= 0.3 is 6.18 Å². The van der Waals surface area contributed by atoms with Gasteiger partial charge in [-0.25, -0.2) is 4.98 Å². The Morgan fingerprint density at radius 2 is 1.81 bits per heavy atom. The minimum Gasteiger partial charge on any atom is -0.471 e. The van der Waals surface area contributed by atoms with Crippen LogP contribution in [-0.4, -0.2) is 33.9 Å². The van der Waals surface area contributed by atoms with Crippen LogP contribution in [0.15, 0.2) is 48.5 Å². The molecule has 0 radical (unpaired) electrons. The van der Waals surface area contributed by atoms with E-state index in [1.54, 1.807) is 62.4 Å². The summed E-state index contributed by atoms with van der Waals surface area (Å²) in [5, 5.41) is 22.3. The van der Waals surface area contributed by atoms with Crippen molar-refractivity contribution in [2.45, 2.75) is 44.2 Å². The van der Waals surface area contributed by atoms with E-state index < -0.39 is 29.8 Å². The maximum Gasteiger partial charge on any atom is 0.423 e. The number of nitrogens with zero attached hydrogens (tertiary/aromatic N) is 2. The summed E-state index contributed by atoms with van der Waals surface area (Å²) in [6.45, 7) is 3.40. The number of amides is 1. The molecule has 2 N–H and O–H groups in total. The van der Waals surface area contributed by atoms with Crippen molar-refractivity contribution in [3.63, 3.8) is 0 Å². The molecular formula is C26H20Cl2F3N3O3. The van der Waals surface area contributed by atoms with Gasteiger partial charge in [0.15, 0.2) is 0 Å². The van der Waals surface area contributed by atoms with E-state index in [1.165, 1.54) is 0 Å². The van der Waals surface area contributed by atoms with Gasteiger partial charge in [-0.2, -0.15) is 18.4 Å². The topological polar surface area (TPSA) is 95.2 Å². The summed E-state index contributed by atoms with van der Waals surface area (Å²) in [5.41, 5.74) is 1.60. The van der Waals surface area contributed by atoms with Crippen LogP contribution >= 0.6 is 23.2 Å².